The van der Waals surface area contributed by atoms with Gasteiger partial charge < -0.3 is 0 Å². The summed E-state index contributed by atoms with van der Waals surface area (Å²) in [4.78, 5) is 12.9. The van der Waals surface area contributed by atoms with Gasteiger partial charge in [-0.25, -0.2) is 0 Å². The zero-order valence-corrected chi connectivity index (χ0v) is 13.5. The maximum absolute atomic E-state index is 12.9. The van der Waals surface area contributed by atoms with Crippen molar-refractivity contribution < 1.29 is 4.79 Å². The number of unbranched alkanes of at least 4 members (excludes halogenated alkanes) is 4. The summed E-state index contributed by atoms with van der Waals surface area (Å²) in [5.41, 5.74) is 1.97. The van der Waals surface area contributed by atoms with Gasteiger partial charge in [0.25, 0.3) is 0 Å². The monoisotopic (exact) mass is 294 g/mol. The molecule has 116 valence electrons. The van der Waals surface area contributed by atoms with E-state index < -0.39 is 0 Å². The minimum atomic E-state index is -0.00905. The first-order valence-electron chi connectivity index (χ1n) is 8.47. The first-order valence-corrected chi connectivity index (χ1v) is 8.47. The maximum atomic E-state index is 12.9. The Morgan fingerprint density at radius 1 is 0.818 bits per heavy atom. The van der Waals surface area contributed by atoms with Crippen LogP contribution in [0.4, 0.5) is 0 Å². The Bertz CT molecular complexity index is 545. The summed E-state index contributed by atoms with van der Waals surface area (Å²) in [6.45, 7) is 2.23. The molecule has 0 aliphatic carbocycles. The molecule has 0 saturated carbocycles. The van der Waals surface area contributed by atoms with Gasteiger partial charge in [-0.05, 0) is 12.0 Å². The van der Waals surface area contributed by atoms with Crippen LogP contribution in [-0.4, -0.2) is 5.78 Å². The minimum absolute atomic E-state index is 0.00905. The number of benzene rings is 2. The highest BCUT2D eigenvalue weighted by Gasteiger charge is 2.21. The van der Waals surface area contributed by atoms with Crippen LogP contribution in [0.5, 0.6) is 0 Å². The van der Waals surface area contributed by atoms with Gasteiger partial charge in [-0.15, -0.1) is 0 Å². The molecular weight excluding hydrogens is 268 g/mol. The van der Waals surface area contributed by atoms with E-state index >= 15 is 0 Å². The molecule has 0 bridgehead atoms. The molecule has 1 atom stereocenters. The molecule has 0 heterocycles. The first kappa shape index (κ1) is 16.5. The van der Waals surface area contributed by atoms with Gasteiger partial charge in [0.05, 0.1) is 0 Å². The zero-order valence-electron chi connectivity index (χ0n) is 13.5. The summed E-state index contributed by atoms with van der Waals surface area (Å²) in [6, 6.07) is 19.9. The molecule has 2 rings (SSSR count). The number of ketones is 1. The van der Waals surface area contributed by atoms with Gasteiger partial charge in [0.1, 0.15) is 0 Å². The molecule has 1 nitrogen and oxygen atoms in total. The Morgan fingerprint density at radius 2 is 1.41 bits per heavy atom. The van der Waals surface area contributed by atoms with Crippen LogP contribution in [0.25, 0.3) is 0 Å². The molecule has 1 heteroatoms. The lowest BCUT2D eigenvalue weighted by Crippen LogP contribution is -2.13. The van der Waals surface area contributed by atoms with Crippen molar-refractivity contribution in [3.8, 4) is 0 Å². The van der Waals surface area contributed by atoms with Gasteiger partial charge in [-0.1, -0.05) is 99.7 Å². The van der Waals surface area contributed by atoms with Crippen molar-refractivity contribution in [2.75, 3.05) is 0 Å². The summed E-state index contributed by atoms with van der Waals surface area (Å²) in [7, 11) is 0. The van der Waals surface area contributed by atoms with Crippen molar-refractivity contribution in [2.24, 2.45) is 0 Å². The van der Waals surface area contributed by atoms with Crippen LogP contribution >= 0.6 is 0 Å². The fourth-order valence-corrected chi connectivity index (χ4v) is 2.89. The van der Waals surface area contributed by atoms with Crippen LogP contribution in [-0.2, 0) is 0 Å². The van der Waals surface area contributed by atoms with Crippen molar-refractivity contribution in [1.29, 1.82) is 0 Å². The molecule has 0 radical (unpaired) electrons. The van der Waals surface area contributed by atoms with E-state index in [0.717, 1.165) is 24.0 Å². The molecule has 22 heavy (non-hydrogen) atoms. The molecule has 0 spiro atoms. The number of rotatable bonds is 9. The summed E-state index contributed by atoms with van der Waals surface area (Å²) in [5, 5.41) is 0. The molecule has 0 aromatic heterocycles. The van der Waals surface area contributed by atoms with Crippen molar-refractivity contribution in [1.82, 2.24) is 0 Å². The number of hydrogen-bond acceptors (Lipinski definition) is 1. The van der Waals surface area contributed by atoms with Crippen LogP contribution in [0.2, 0.25) is 0 Å². The highest BCUT2D eigenvalue weighted by atomic mass is 16.1. The van der Waals surface area contributed by atoms with Crippen LogP contribution in [0.3, 0.4) is 0 Å². The third kappa shape index (κ3) is 4.84. The molecule has 0 N–H and O–H groups in total. The number of carbonyl (C=O) groups excluding carboxylic acids is 1. The van der Waals surface area contributed by atoms with Gasteiger partial charge in [-0.2, -0.15) is 0 Å². The highest BCUT2D eigenvalue weighted by Crippen LogP contribution is 2.27. The van der Waals surface area contributed by atoms with Crippen molar-refractivity contribution in [3.05, 3.63) is 71.8 Å². The molecule has 0 aliphatic rings. The average Bonchev–Trinajstić information content (AvgIpc) is 2.59. The normalized spacial score (nSPS) is 12.0. The van der Waals surface area contributed by atoms with E-state index in [9.17, 15) is 4.79 Å². The van der Waals surface area contributed by atoms with Crippen molar-refractivity contribution in [2.45, 2.75) is 51.4 Å². The molecule has 2 aromatic rings. The quantitative estimate of drug-likeness (QED) is 0.408. The number of hydrogen-bond donors (Lipinski definition) is 0. The van der Waals surface area contributed by atoms with Crippen molar-refractivity contribution in [3.63, 3.8) is 0 Å². The lowest BCUT2D eigenvalue weighted by Gasteiger charge is -2.16. The Labute approximate surface area is 134 Å². The largest absolute Gasteiger partial charge is 0.293 e. The fraction of sp³-hybridized carbons (Fsp3) is 0.381. The SMILES string of the molecule is CCCCCCCC(C(=O)c1ccccc1)c1ccccc1. The number of carbonyl (C=O) groups is 1. The van der Waals surface area contributed by atoms with E-state index in [1.807, 2.05) is 48.5 Å². The zero-order chi connectivity index (χ0) is 15.6. The molecule has 0 aliphatic heterocycles. The summed E-state index contributed by atoms with van der Waals surface area (Å²) in [5.74, 6) is 0.243. The summed E-state index contributed by atoms with van der Waals surface area (Å²) in [6.07, 6.45) is 7.12. The molecule has 0 amide bonds. The molecular formula is C21H26O. The van der Waals surface area contributed by atoms with E-state index in [1.54, 1.807) is 0 Å². The summed E-state index contributed by atoms with van der Waals surface area (Å²) < 4.78 is 0. The van der Waals surface area contributed by atoms with Gasteiger partial charge in [-0.3, -0.25) is 4.79 Å². The predicted octanol–water partition coefficient (Wildman–Crippen LogP) is 6.01. The van der Waals surface area contributed by atoms with Gasteiger partial charge >= 0.3 is 0 Å². The Kier molecular flexibility index (Phi) is 6.89. The van der Waals surface area contributed by atoms with E-state index in [4.69, 9.17) is 0 Å². The predicted molar refractivity (Wildman–Crippen MR) is 93.3 cm³/mol. The highest BCUT2D eigenvalue weighted by molar-refractivity contribution is 6.00. The smallest absolute Gasteiger partial charge is 0.170 e. The third-order valence-electron chi connectivity index (χ3n) is 4.17. The molecule has 2 aromatic carbocycles. The second kappa shape index (κ2) is 9.19. The van der Waals surface area contributed by atoms with Crippen LogP contribution in [0.15, 0.2) is 60.7 Å². The molecule has 0 saturated heterocycles. The second-order valence-corrected chi connectivity index (χ2v) is 5.90. The van der Waals surface area contributed by atoms with Gasteiger partial charge in [0.2, 0.25) is 0 Å². The first-order chi connectivity index (χ1) is 10.8. The number of Topliss-reactive ketones (excluding diaryl/α,β-unsaturated/α-hetero) is 1. The lowest BCUT2D eigenvalue weighted by atomic mass is 9.86. The van der Waals surface area contributed by atoms with Crippen LogP contribution < -0.4 is 0 Å². The Morgan fingerprint density at radius 3 is 2.05 bits per heavy atom. The molecule has 1 unspecified atom stereocenters. The Balaban J connectivity index is 2.07. The summed E-state index contributed by atoms with van der Waals surface area (Å²) >= 11 is 0. The minimum Gasteiger partial charge on any atom is -0.293 e. The standard InChI is InChI=1S/C21H26O/c1-2-3-4-5-12-17-20(18-13-8-6-9-14-18)21(22)19-15-10-7-11-16-19/h6-11,13-16,20H,2-5,12,17H2,1H3. The van der Waals surface area contributed by atoms with E-state index in [2.05, 4.69) is 19.1 Å². The van der Waals surface area contributed by atoms with E-state index in [0.29, 0.717) is 0 Å². The van der Waals surface area contributed by atoms with Gasteiger partial charge in [0.15, 0.2) is 5.78 Å². The average molecular weight is 294 g/mol. The maximum Gasteiger partial charge on any atom is 0.170 e. The third-order valence-corrected chi connectivity index (χ3v) is 4.17. The van der Waals surface area contributed by atoms with Crippen LogP contribution in [0.1, 0.15) is 67.3 Å². The molecule has 0 fully saturated rings. The van der Waals surface area contributed by atoms with Crippen molar-refractivity contribution >= 4 is 5.78 Å². The van der Waals surface area contributed by atoms with Crippen LogP contribution in [0, 0.1) is 0 Å². The topological polar surface area (TPSA) is 17.1 Å². The lowest BCUT2D eigenvalue weighted by molar-refractivity contribution is 0.0953. The van der Waals surface area contributed by atoms with Gasteiger partial charge in [0, 0.05) is 11.5 Å². The van der Waals surface area contributed by atoms with E-state index in [1.165, 1.54) is 25.7 Å². The van der Waals surface area contributed by atoms with E-state index in [-0.39, 0.29) is 11.7 Å². The fourth-order valence-electron chi connectivity index (χ4n) is 2.89. The Hall–Kier alpha value is -1.89. The second-order valence-electron chi connectivity index (χ2n) is 5.90.